The lowest BCUT2D eigenvalue weighted by Gasteiger charge is -2.12. The summed E-state index contributed by atoms with van der Waals surface area (Å²) in [5.74, 6) is 5.26. The van der Waals surface area contributed by atoms with E-state index in [9.17, 15) is 4.79 Å². The highest BCUT2D eigenvalue weighted by Gasteiger charge is 2.10. The second-order valence-corrected chi connectivity index (χ2v) is 4.86. The Hall–Kier alpha value is -1.63. The number of nitrogens with two attached hydrogens (primary N) is 1. The number of hydrogen-bond acceptors (Lipinski definition) is 5. The van der Waals surface area contributed by atoms with Crippen molar-refractivity contribution in [2.45, 2.75) is 6.92 Å². The van der Waals surface area contributed by atoms with Crippen LogP contribution in [0.25, 0.3) is 0 Å². The quantitative estimate of drug-likeness (QED) is 0.369. The molecule has 1 aromatic rings. The molecule has 0 saturated heterocycles. The molecule has 0 unspecified atom stereocenters. The monoisotopic (exact) mass is 280 g/mol. The van der Waals surface area contributed by atoms with Gasteiger partial charge >= 0.3 is 0 Å². The molecular weight excluding hydrogens is 256 g/mol. The summed E-state index contributed by atoms with van der Waals surface area (Å²) in [5, 5.41) is 2.81. The van der Waals surface area contributed by atoms with E-state index >= 15 is 0 Å². The number of nitrogens with one attached hydrogen (secondary N) is 2. The molecule has 0 radical (unpaired) electrons. The van der Waals surface area contributed by atoms with E-state index in [1.165, 1.54) is 0 Å². The van der Waals surface area contributed by atoms with Crippen molar-refractivity contribution in [3.05, 3.63) is 29.3 Å². The van der Waals surface area contributed by atoms with Gasteiger partial charge in [-0.15, -0.1) is 0 Å². The van der Waals surface area contributed by atoms with E-state index in [2.05, 4.69) is 10.7 Å². The largest absolute Gasteiger partial charge is 0.378 e. The van der Waals surface area contributed by atoms with Gasteiger partial charge in [-0.2, -0.15) is 0 Å². The van der Waals surface area contributed by atoms with E-state index in [-0.39, 0.29) is 5.91 Å². The van der Waals surface area contributed by atoms with Gasteiger partial charge in [0, 0.05) is 13.1 Å². The first-order chi connectivity index (χ1) is 9.54. The maximum atomic E-state index is 12.0. The molecule has 0 aliphatic heterocycles. The third-order valence-corrected chi connectivity index (χ3v) is 2.79. The van der Waals surface area contributed by atoms with Crippen LogP contribution in [0.5, 0.6) is 0 Å². The molecule has 0 aromatic heterocycles. The molecule has 1 rings (SSSR count). The van der Waals surface area contributed by atoms with Gasteiger partial charge in [0.1, 0.15) is 0 Å². The number of ether oxygens (including phenoxy) is 1. The Morgan fingerprint density at radius 2 is 2.10 bits per heavy atom. The molecule has 4 N–H and O–H groups in total. The summed E-state index contributed by atoms with van der Waals surface area (Å²) in [6.07, 6.45) is 0. The average molecular weight is 280 g/mol. The molecule has 0 aliphatic rings. The number of nitrogens with zero attached hydrogens (tertiary/aromatic N) is 1. The van der Waals surface area contributed by atoms with Crippen molar-refractivity contribution in [2.75, 3.05) is 45.8 Å². The number of hydrogen-bond donors (Lipinski definition) is 3. The van der Waals surface area contributed by atoms with Crippen LogP contribution in [0, 0.1) is 6.92 Å². The number of likely N-dealkylation sites (N-methyl/N-ethyl adjacent to an activating group) is 1. The molecule has 1 aromatic carbocycles. The number of carbonyl (C=O) groups is 1. The highest BCUT2D eigenvalue weighted by Crippen LogP contribution is 2.16. The van der Waals surface area contributed by atoms with Gasteiger partial charge in [-0.25, -0.2) is 0 Å². The molecule has 0 saturated carbocycles. The molecule has 0 aliphatic carbocycles. The number of benzene rings is 1. The highest BCUT2D eigenvalue weighted by molar-refractivity contribution is 5.99. The van der Waals surface area contributed by atoms with Crippen LogP contribution < -0.4 is 16.6 Å². The Morgan fingerprint density at radius 3 is 2.75 bits per heavy atom. The van der Waals surface area contributed by atoms with Crippen LogP contribution in [0.15, 0.2) is 18.2 Å². The van der Waals surface area contributed by atoms with E-state index in [4.69, 9.17) is 10.6 Å². The fraction of sp³-hybridized carbons (Fsp3) is 0.500. The predicted molar refractivity (Wildman–Crippen MR) is 80.7 cm³/mol. The fourth-order valence-corrected chi connectivity index (χ4v) is 1.66. The number of carbonyl (C=O) groups excluding carboxylic acids is 1. The summed E-state index contributed by atoms with van der Waals surface area (Å²) in [5.41, 5.74) is 4.74. The van der Waals surface area contributed by atoms with Crippen LogP contribution in [-0.2, 0) is 4.74 Å². The minimum absolute atomic E-state index is 0.158. The number of hydrazine groups is 1. The van der Waals surface area contributed by atoms with Gasteiger partial charge < -0.3 is 20.4 Å². The van der Waals surface area contributed by atoms with Gasteiger partial charge in [0.05, 0.1) is 24.5 Å². The van der Waals surface area contributed by atoms with Gasteiger partial charge in [-0.3, -0.25) is 10.6 Å². The number of amides is 1. The van der Waals surface area contributed by atoms with E-state index in [1.54, 1.807) is 6.07 Å². The molecular formula is C14H24N4O2. The Kier molecular flexibility index (Phi) is 7.00. The van der Waals surface area contributed by atoms with E-state index < -0.39 is 0 Å². The summed E-state index contributed by atoms with van der Waals surface area (Å²) in [4.78, 5) is 14.1. The van der Waals surface area contributed by atoms with E-state index in [1.807, 2.05) is 38.1 Å². The molecule has 20 heavy (non-hydrogen) atoms. The summed E-state index contributed by atoms with van der Waals surface area (Å²) in [6.45, 7) is 4.44. The van der Waals surface area contributed by atoms with E-state index in [0.717, 1.165) is 12.1 Å². The summed E-state index contributed by atoms with van der Waals surface area (Å²) in [7, 11) is 3.98. The minimum atomic E-state index is -0.158. The van der Waals surface area contributed by atoms with Crippen LogP contribution in [0.1, 0.15) is 15.9 Å². The lowest BCUT2D eigenvalue weighted by molar-refractivity contribution is 0.0901. The maximum Gasteiger partial charge on any atom is 0.253 e. The SMILES string of the molecule is Cc1ccc(C(=O)NCCOCCN(C)C)c(NN)c1. The number of rotatable bonds is 8. The summed E-state index contributed by atoms with van der Waals surface area (Å²) >= 11 is 0. The Balaban J connectivity index is 2.36. The van der Waals surface area contributed by atoms with Gasteiger partial charge in [-0.1, -0.05) is 6.07 Å². The summed E-state index contributed by atoms with van der Waals surface area (Å²) in [6, 6.07) is 5.47. The molecule has 0 fully saturated rings. The first-order valence-corrected chi connectivity index (χ1v) is 6.62. The van der Waals surface area contributed by atoms with Gasteiger partial charge in [0.25, 0.3) is 5.91 Å². The number of aryl methyl sites for hydroxylation is 1. The predicted octanol–water partition coefficient (Wildman–Crippen LogP) is 0.589. The van der Waals surface area contributed by atoms with Crippen molar-refractivity contribution >= 4 is 11.6 Å². The van der Waals surface area contributed by atoms with Crippen molar-refractivity contribution < 1.29 is 9.53 Å². The van der Waals surface area contributed by atoms with Gasteiger partial charge in [0.2, 0.25) is 0 Å². The topological polar surface area (TPSA) is 79.6 Å². The maximum absolute atomic E-state index is 12.0. The second kappa shape index (κ2) is 8.52. The van der Waals surface area contributed by atoms with Crippen LogP contribution >= 0.6 is 0 Å². The summed E-state index contributed by atoms with van der Waals surface area (Å²) < 4.78 is 5.41. The van der Waals surface area contributed by atoms with Crippen molar-refractivity contribution in [1.82, 2.24) is 10.2 Å². The average Bonchev–Trinajstić information content (AvgIpc) is 2.41. The fourth-order valence-electron chi connectivity index (χ4n) is 1.66. The first-order valence-electron chi connectivity index (χ1n) is 6.62. The van der Waals surface area contributed by atoms with Gasteiger partial charge in [0.15, 0.2) is 0 Å². The number of nitrogen functional groups attached to an aromatic ring is 1. The van der Waals surface area contributed by atoms with Gasteiger partial charge in [-0.05, 0) is 38.7 Å². The zero-order chi connectivity index (χ0) is 15.0. The Morgan fingerprint density at radius 1 is 1.35 bits per heavy atom. The third kappa shape index (κ3) is 5.56. The molecule has 0 heterocycles. The number of anilines is 1. The second-order valence-electron chi connectivity index (χ2n) is 4.86. The van der Waals surface area contributed by atoms with Crippen molar-refractivity contribution in [1.29, 1.82) is 0 Å². The van der Waals surface area contributed by atoms with Crippen LogP contribution in [0.4, 0.5) is 5.69 Å². The van der Waals surface area contributed by atoms with Crippen molar-refractivity contribution in [3.8, 4) is 0 Å². The third-order valence-electron chi connectivity index (χ3n) is 2.79. The first kappa shape index (κ1) is 16.4. The smallest absolute Gasteiger partial charge is 0.253 e. The van der Waals surface area contributed by atoms with Crippen LogP contribution in [-0.4, -0.2) is 51.2 Å². The molecule has 0 spiro atoms. The standard InChI is InChI=1S/C14H24N4O2/c1-11-4-5-12(13(10-11)17-15)14(19)16-6-8-20-9-7-18(2)3/h4-5,10,17H,6-9,15H2,1-3H3,(H,16,19). The minimum Gasteiger partial charge on any atom is -0.378 e. The van der Waals surface area contributed by atoms with Crippen LogP contribution in [0.3, 0.4) is 0 Å². The molecule has 0 atom stereocenters. The lowest BCUT2D eigenvalue weighted by atomic mass is 10.1. The molecule has 6 nitrogen and oxygen atoms in total. The van der Waals surface area contributed by atoms with Crippen molar-refractivity contribution in [2.24, 2.45) is 5.84 Å². The molecule has 112 valence electrons. The zero-order valence-electron chi connectivity index (χ0n) is 12.4. The normalized spacial score (nSPS) is 10.7. The Bertz CT molecular complexity index is 435. The van der Waals surface area contributed by atoms with E-state index in [0.29, 0.717) is 31.0 Å². The molecule has 0 bridgehead atoms. The molecule has 1 amide bonds. The van der Waals surface area contributed by atoms with Crippen LogP contribution in [0.2, 0.25) is 0 Å². The highest BCUT2D eigenvalue weighted by atomic mass is 16.5. The van der Waals surface area contributed by atoms with Crippen molar-refractivity contribution in [3.63, 3.8) is 0 Å². The Labute approximate surface area is 120 Å². The zero-order valence-corrected chi connectivity index (χ0v) is 12.4. The lowest BCUT2D eigenvalue weighted by Crippen LogP contribution is -2.29. The molecule has 6 heteroatoms.